The molecule has 0 aliphatic rings. The molecular formula is C12H14F2O2. The van der Waals surface area contributed by atoms with Crippen LogP contribution in [0.4, 0.5) is 8.78 Å². The summed E-state index contributed by atoms with van der Waals surface area (Å²) in [7, 11) is 0. The SMILES string of the molecule is CCCCC(C(=O)O)c1c(F)cccc1F. The number of carbonyl (C=O) groups is 1. The lowest BCUT2D eigenvalue weighted by molar-refractivity contribution is -0.139. The molecule has 0 aliphatic heterocycles. The molecule has 1 atom stereocenters. The van der Waals surface area contributed by atoms with Gasteiger partial charge in [0.25, 0.3) is 0 Å². The summed E-state index contributed by atoms with van der Waals surface area (Å²) in [6, 6.07) is 3.40. The second kappa shape index (κ2) is 5.58. The number of halogens is 2. The first-order valence-electron chi connectivity index (χ1n) is 5.24. The van der Waals surface area contributed by atoms with Crippen LogP contribution in [0.2, 0.25) is 0 Å². The minimum absolute atomic E-state index is 0.254. The van der Waals surface area contributed by atoms with Gasteiger partial charge in [0.2, 0.25) is 0 Å². The number of aliphatic carboxylic acids is 1. The molecule has 0 fully saturated rings. The Bertz CT molecular complexity index is 357. The zero-order chi connectivity index (χ0) is 12.1. The molecule has 0 saturated heterocycles. The lowest BCUT2D eigenvalue weighted by Gasteiger charge is -2.13. The number of benzene rings is 1. The molecule has 1 aromatic carbocycles. The Hall–Kier alpha value is -1.45. The molecule has 0 amide bonds. The molecule has 0 saturated carbocycles. The van der Waals surface area contributed by atoms with Crippen LogP contribution in [0.5, 0.6) is 0 Å². The zero-order valence-corrected chi connectivity index (χ0v) is 9.04. The summed E-state index contributed by atoms with van der Waals surface area (Å²) in [5.41, 5.74) is -0.330. The topological polar surface area (TPSA) is 37.3 Å². The summed E-state index contributed by atoms with van der Waals surface area (Å²) in [6.07, 6.45) is 1.67. The van der Waals surface area contributed by atoms with Gasteiger partial charge in [0.15, 0.2) is 0 Å². The van der Waals surface area contributed by atoms with Crippen LogP contribution < -0.4 is 0 Å². The van der Waals surface area contributed by atoms with Gasteiger partial charge in [-0.15, -0.1) is 0 Å². The minimum atomic E-state index is -1.18. The summed E-state index contributed by atoms with van der Waals surface area (Å²) < 4.78 is 26.8. The Kier molecular flexibility index (Phi) is 4.40. The monoisotopic (exact) mass is 228 g/mol. The molecule has 0 aromatic heterocycles. The van der Waals surface area contributed by atoms with Gasteiger partial charge < -0.3 is 5.11 Å². The molecule has 1 N–H and O–H groups in total. The fourth-order valence-corrected chi connectivity index (χ4v) is 1.64. The Morgan fingerprint density at radius 1 is 1.38 bits per heavy atom. The third kappa shape index (κ3) is 2.78. The molecule has 0 bridgehead atoms. The summed E-state index contributed by atoms with van der Waals surface area (Å²) in [6.45, 7) is 1.90. The van der Waals surface area contributed by atoms with E-state index in [-0.39, 0.29) is 12.0 Å². The molecule has 16 heavy (non-hydrogen) atoms. The van der Waals surface area contributed by atoms with Crippen LogP contribution in [0.25, 0.3) is 0 Å². The first-order valence-corrected chi connectivity index (χ1v) is 5.24. The van der Waals surface area contributed by atoms with Crippen LogP contribution in [0, 0.1) is 11.6 Å². The van der Waals surface area contributed by atoms with Gasteiger partial charge in [-0.05, 0) is 18.6 Å². The zero-order valence-electron chi connectivity index (χ0n) is 9.04. The molecule has 0 spiro atoms. The van der Waals surface area contributed by atoms with Crippen molar-refractivity contribution >= 4 is 5.97 Å². The average Bonchev–Trinajstić information content (AvgIpc) is 2.21. The molecule has 2 nitrogen and oxygen atoms in total. The number of rotatable bonds is 5. The summed E-state index contributed by atoms with van der Waals surface area (Å²) >= 11 is 0. The molecule has 88 valence electrons. The van der Waals surface area contributed by atoms with Gasteiger partial charge in [-0.3, -0.25) is 4.79 Å². The van der Waals surface area contributed by atoms with Crippen molar-refractivity contribution in [1.82, 2.24) is 0 Å². The number of hydrogen-bond acceptors (Lipinski definition) is 1. The van der Waals surface area contributed by atoms with Crippen LogP contribution >= 0.6 is 0 Å². The van der Waals surface area contributed by atoms with Gasteiger partial charge in [-0.2, -0.15) is 0 Å². The van der Waals surface area contributed by atoms with Crippen molar-refractivity contribution in [2.75, 3.05) is 0 Å². The standard InChI is InChI=1S/C12H14F2O2/c1-2-3-5-8(12(15)16)11-9(13)6-4-7-10(11)14/h4,6-8H,2-3,5H2,1H3,(H,15,16). The van der Waals surface area contributed by atoms with E-state index in [0.29, 0.717) is 6.42 Å². The molecule has 1 unspecified atom stereocenters. The van der Waals surface area contributed by atoms with Crippen LogP contribution in [0.1, 0.15) is 37.7 Å². The Morgan fingerprint density at radius 2 is 1.94 bits per heavy atom. The quantitative estimate of drug-likeness (QED) is 0.839. The highest BCUT2D eigenvalue weighted by Crippen LogP contribution is 2.27. The van der Waals surface area contributed by atoms with Crippen LogP contribution in [0.15, 0.2) is 18.2 Å². The highest BCUT2D eigenvalue weighted by Gasteiger charge is 2.25. The van der Waals surface area contributed by atoms with Crippen LogP contribution in [0.3, 0.4) is 0 Å². The number of carboxylic acids is 1. The predicted molar refractivity (Wildman–Crippen MR) is 56.3 cm³/mol. The van der Waals surface area contributed by atoms with Crippen molar-refractivity contribution in [3.63, 3.8) is 0 Å². The van der Waals surface area contributed by atoms with Gasteiger partial charge in [0.05, 0.1) is 5.92 Å². The van der Waals surface area contributed by atoms with E-state index in [1.807, 2.05) is 6.92 Å². The molecular weight excluding hydrogens is 214 g/mol. The van der Waals surface area contributed by atoms with Gasteiger partial charge in [-0.1, -0.05) is 25.8 Å². The van der Waals surface area contributed by atoms with Crippen molar-refractivity contribution in [3.8, 4) is 0 Å². The van der Waals surface area contributed by atoms with E-state index in [4.69, 9.17) is 5.11 Å². The molecule has 0 radical (unpaired) electrons. The highest BCUT2D eigenvalue weighted by molar-refractivity contribution is 5.76. The van der Waals surface area contributed by atoms with Crippen molar-refractivity contribution in [2.24, 2.45) is 0 Å². The first-order chi connectivity index (χ1) is 7.57. The molecule has 0 heterocycles. The van der Waals surface area contributed by atoms with E-state index >= 15 is 0 Å². The largest absolute Gasteiger partial charge is 0.481 e. The van der Waals surface area contributed by atoms with E-state index in [2.05, 4.69) is 0 Å². The smallest absolute Gasteiger partial charge is 0.311 e. The van der Waals surface area contributed by atoms with Crippen molar-refractivity contribution in [1.29, 1.82) is 0 Å². The number of hydrogen-bond donors (Lipinski definition) is 1. The summed E-state index contributed by atoms with van der Waals surface area (Å²) in [5.74, 6) is -3.86. The van der Waals surface area contributed by atoms with E-state index < -0.39 is 23.5 Å². The summed E-state index contributed by atoms with van der Waals surface area (Å²) in [5, 5.41) is 8.97. The maximum absolute atomic E-state index is 13.4. The Morgan fingerprint density at radius 3 is 2.38 bits per heavy atom. The lowest BCUT2D eigenvalue weighted by Crippen LogP contribution is -2.15. The van der Waals surface area contributed by atoms with Gasteiger partial charge in [0.1, 0.15) is 11.6 Å². The Labute approximate surface area is 92.9 Å². The van der Waals surface area contributed by atoms with Gasteiger partial charge in [0, 0.05) is 5.56 Å². The first kappa shape index (κ1) is 12.6. The van der Waals surface area contributed by atoms with Gasteiger partial charge >= 0.3 is 5.97 Å². The normalized spacial score (nSPS) is 12.4. The van der Waals surface area contributed by atoms with E-state index in [1.165, 1.54) is 6.07 Å². The molecule has 0 aliphatic carbocycles. The second-order valence-electron chi connectivity index (χ2n) is 3.67. The van der Waals surface area contributed by atoms with Crippen molar-refractivity contribution in [2.45, 2.75) is 32.1 Å². The van der Waals surface area contributed by atoms with Crippen LogP contribution in [-0.4, -0.2) is 11.1 Å². The van der Waals surface area contributed by atoms with Crippen molar-refractivity contribution in [3.05, 3.63) is 35.4 Å². The second-order valence-corrected chi connectivity index (χ2v) is 3.67. The van der Waals surface area contributed by atoms with E-state index in [1.54, 1.807) is 0 Å². The van der Waals surface area contributed by atoms with E-state index in [0.717, 1.165) is 18.6 Å². The summed E-state index contributed by atoms with van der Waals surface area (Å²) in [4.78, 5) is 11.0. The fraction of sp³-hybridized carbons (Fsp3) is 0.417. The van der Waals surface area contributed by atoms with Crippen LogP contribution in [-0.2, 0) is 4.79 Å². The van der Waals surface area contributed by atoms with Gasteiger partial charge in [-0.25, -0.2) is 8.78 Å². The minimum Gasteiger partial charge on any atom is -0.481 e. The maximum atomic E-state index is 13.4. The molecule has 4 heteroatoms. The number of unbranched alkanes of at least 4 members (excludes halogenated alkanes) is 1. The molecule has 1 aromatic rings. The molecule has 1 rings (SSSR count). The van der Waals surface area contributed by atoms with Crippen molar-refractivity contribution < 1.29 is 18.7 Å². The third-order valence-electron chi connectivity index (χ3n) is 2.49. The Balaban J connectivity index is 3.05. The van der Waals surface area contributed by atoms with E-state index in [9.17, 15) is 13.6 Å². The maximum Gasteiger partial charge on any atom is 0.311 e. The number of carboxylic acid groups (broad SMARTS) is 1. The lowest BCUT2D eigenvalue weighted by atomic mass is 9.93. The fourth-order valence-electron chi connectivity index (χ4n) is 1.64. The third-order valence-corrected chi connectivity index (χ3v) is 2.49. The predicted octanol–water partition coefficient (Wildman–Crippen LogP) is 3.32. The average molecular weight is 228 g/mol. The highest BCUT2D eigenvalue weighted by atomic mass is 19.1.